The van der Waals surface area contributed by atoms with Crippen molar-refractivity contribution in [2.24, 2.45) is 5.92 Å². The van der Waals surface area contributed by atoms with Crippen LogP contribution in [0, 0.1) is 19.8 Å². The number of carbonyl (C=O) groups excluding carboxylic acids is 3. The lowest BCUT2D eigenvalue weighted by molar-refractivity contribution is -0.919. The molecule has 0 amide bonds. The van der Waals surface area contributed by atoms with Crippen LogP contribution in [0.1, 0.15) is 58.8 Å². The molecule has 0 aliphatic carbocycles. The molecule has 2 N–H and O–H groups in total. The summed E-state index contributed by atoms with van der Waals surface area (Å²) < 4.78 is 4.80. The number of nitrogens with one attached hydrogen (secondary N) is 2. The standard InChI is InChI=1S/C18H26N2O4/c1-10-15(13(4)21)11(2)19-16(10)17(22)12(3)20-8-6-14(7-9-20)18(23)24-5/h12,14,19H,6-9H2,1-5H3/p+1/t12-/m1/s1. The van der Waals surface area contributed by atoms with Crippen LogP contribution in [0.2, 0.25) is 0 Å². The van der Waals surface area contributed by atoms with Crippen LogP contribution in [0.3, 0.4) is 0 Å². The predicted molar refractivity (Wildman–Crippen MR) is 89.5 cm³/mol. The zero-order chi connectivity index (χ0) is 18.0. The Morgan fingerprint density at radius 1 is 1.21 bits per heavy atom. The number of ether oxygens (including phenoxy) is 1. The molecule has 0 radical (unpaired) electrons. The summed E-state index contributed by atoms with van der Waals surface area (Å²) in [6.07, 6.45) is 1.47. The van der Waals surface area contributed by atoms with Crippen LogP contribution in [0.5, 0.6) is 0 Å². The maximum absolute atomic E-state index is 12.9. The van der Waals surface area contributed by atoms with Gasteiger partial charge in [-0.25, -0.2) is 0 Å². The summed E-state index contributed by atoms with van der Waals surface area (Å²) in [5, 5.41) is 0. The largest absolute Gasteiger partial charge is 0.469 e. The van der Waals surface area contributed by atoms with Crippen LogP contribution in [0.4, 0.5) is 0 Å². The van der Waals surface area contributed by atoms with E-state index in [1.54, 1.807) is 0 Å². The van der Waals surface area contributed by atoms with E-state index in [0.29, 0.717) is 11.3 Å². The summed E-state index contributed by atoms with van der Waals surface area (Å²) in [5.74, 6) is -0.219. The van der Waals surface area contributed by atoms with Gasteiger partial charge in [-0.15, -0.1) is 0 Å². The van der Waals surface area contributed by atoms with Gasteiger partial charge in [-0.2, -0.15) is 0 Å². The van der Waals surface area contributed by atoms with E-state index in [9.17, 15) is 14.4 Å². The van der Waals surface area contributed by atoms with Crippen molar-refractivity contribution in [2.75, 3.05) is 20.2 Å². The van der Waals surface area contributed by atoms with Gasteiger partial charge < -0.3 is 14.6 Å². The first-order valence-electron chi connectivity index (χ1n) is 8.44. The molecule has 2 rings (SSSR count). The molecule has 1 saturated heterocycles. The van der Waals surface area contributed by atoms with E-state index >= 15 is 0 Å². The minimum absolute atomic E-state index is 0.0228. The molecular formula is C18H27N2O4+. The van der Waals surface area contributed by atoms with Crippen LogP contribution in [0.15, 0.2) is 0 Å². The molecule has 0 spiro atoms. The van der Waals surface area contributed by atoms with Crippen molar-refractivity contribution in [1.29, 1.82) is 0 Å². The Hall–Kier alpha value is -1.95. The number of esters is 1. The van der Waals surface area contributed by atoms with Gasteiger partial charge in [0.25, 0.3) is 0 Å². The number of ketones is 2. The number of aryl methyl sites for hydroxylation is 1. The van der Waals surface area contributed by atoms with Gasteiger partial charge in [0, 0.05) is 24.1 Å². The molecule has 1 aromatic rings. The molecule has 0 saturated carbocycles. The van der Waals surface area contributed by atoms with Gasteiger partial charge in [-0.1, -0.05) is 0 Å². The Labute approximate surface area is 142 Å². The number of likely N-dealkylation sites (tertiary alicyclic amines) is 1. The quantitative estimate of drug-likeness (QED) is 0.618. The Bertz CT molecular complexity index is 654. The van der Waals surface area contributed by atoms with E-state index < -0.39 is 0 Å². The summed E-state index contributed by atoms with van der Waals surface area (Å²) in [6.45, 7) is 8.61. The van der Waals surface area contributed by atoms with Crippen LogP contribution in [-0.4, -0.2) is 48.8 Å². The van der Waals surface area contributed by atoms with Gasteiger partial charge in [-0.3, -0.25) is 14.4 Å². The number of aromatic amines is 1. The van der Waals surface area contributed by atoms with Gasteiger partial charge in [-0.05, 0) is 33.3 Å². The van der Waals surface area contributed by atoms with E-state index in [0.717, 1.165) is 37.2 Å². The lowest BCUT2D eigenvalue weighted by atomic mass is 9.94. The summed E-state index contributed by atoms with van der Waals surface area (Å²) >= 11 is 0. The van der Waals surface area contributed by atoms with E-state index in [1.807, 2.05) is 20.8 Å². The van der Waals surface area contributed by atoms with E-state index in [2.05, 4.69) is 4.98 Å². The third-order valence-electron chi connectivity index (χ3n) is 5.20. The van der Waals surface area contributed by atoms with Crippen molar-refractivity contribution in [3.63, 3.8) is 0 Å². The molecule has 2 heterocycles. The highest BCUT2D eigenvalue weighted by Crippen LogP contribution is 2.20. The summed E-state index contributed by atoms with van der Waals surface area (Å²) in [4.78, 5) is 40.5. The van der Waals surface area contributed by atoms with Gasteiger partial charge in [0.05, 0.1) is 31.8 Å². The van der Waals surface area contributed by atoms with Crippen LogP contribution < -0.4 is 4.90 Å². The Morgan fingerprint density at radius 3 is 2.25 bits per heavy atom. The van der Waals surface area contributed by atoms with Crippen molar-refractivity contribution < 1.29 is 24.0 Å². The lowest BCUT2D eigenvalue weighted by Gasteiger charge is -2.31. The van der Waals surface area contributed by atoms with Gasteiger partial charge in [0.2, 0.25) is 5.78 Å². The first-order valence-corrected chi connectivity index (χ1v) is 8.44. The Balaban J connectivity index is 2.10. The van der Waals surface area contributed by atoms with Crippen molar-refractivity contribution in [3.8, 4) is 0 Å². The average molecular weight is 335 g/mol. The number of hydrogen-bond donors (Lipinski definition) is 2. The molecule has 1 aliphatic rings. The number of Topliss-reactive ketones (excluding diaryl/α,β-unsaturated/α-hetero) is 2. The number of methoxy groups -OCH3 is 1. The molecule has 1 aromatic heterocycles. The van der Waals surface area contributed by atoms with Crippen LogP contribution in [-0.2, 0) is 9.53 Å². The second-order valence-electron chi connectivity index (χ2n) is 6.72. The average Bonchev–Trinajstić information content (AvgIpc) is 2.87. The zero-order valence-electron chi connectivity index (χ0n) is 15.1. The Kier molecular flexibility index (Phi) is 5.59. The third kappa shape index (κ3) is 3.43. The molecule has 0 aromatic carbocycles. The monoisotopic (exact) mass is 335 g/mol. The highest BCUT2D eigenvalue weighted by molar-refractivity contribution is 6.04. The highest BCUT2D eigenvalue weighted by Gasteiger charge is 2.35. The van der Waals surface area contributed by atoms with E-state index in [4.69, 9.17) is 4.74 Å². The lowest BCUT2D eigenvalue weighted by Crippen LogP contribution is -3.17. The second-order valence-corrected chi connectivity index (χ2v) is 6.72. The predicted octanol–water partition coefficient (Wildman–Crippen LogP) is 0.873. The first kappa shape index (κ1) is 18.4. The summed E-state index contributed by atoms with van der Waals surface area (Å²) in [7, 11) is 1.41. The number of hydrogen-bond acceptors (Lipinski definition) is 4. The first-order chi connectivity index (χ1) is 11.3. The molecule has 1 atom stereocenters. The molecule has 6 nitrogen and oxygen atoms in total. The van der Waals surface area contributed by atoms with Crippen LogP contribution >= 0.6 is 0 Å². The maximum Gasteiger partial charge on any atom is 0.309 e. The smallest absolute Gasteiger partial charge is 0.309 e. The van der Waals surface area contributed by atoms with Crippen molar-refractivity contribution in [1.82, 2.24) is 4.98 Å². The number of rotatable bonds is 5. The third-order valence-corrected chi connectivity index (χ3v) is 5.20. The normalized spacial score (nSPS) is 22.0. The van der Waals surface area contributed by atoms with Crippen molar-refractivity contribution in [2.45, 2.75) is 46.6 Å². The fourth-order valence-electron chi connectivity index (χ4n) is 3.75. The minimum atomic E-state index is -0.208. The number of quaternary nitrogens is 1. The molecular weight excluding hydrogens is 308 g/mol. The van der Waals surface area contributed by atoms with Crippen molar-refractivity contribution in [3.05, 3.63) is 22.5 Å². The number of H-pyrrole nitrogens is 1. The summed E-state index contributed by atoms with van der Waals surface area (Å²) in [6, 6.07) is -0.208. The molecule has 0 unspecified atom stereocenters. The number of aromatic nitrogens is 1. The molecule has 132 valence electrons. The topological polar surface area (TPSA) is 80.7 Å². The number of piperidine rings is 1. The molecule has 24 heavy (non-hydrogen) atoms. The van der Waals surface area contributed by atoms with Gasteiger partial charge in [0.1, 0.15) is 6.04 Å². The van der Waals surface area contributed by atoms with Crippen molar-refractivity contribution >= 4 is 17.5 Å². The van der Waals surface area contributed by atoms with Crippen LogP contribution in [0.25, 0.3) is 0 Å². The SMILES string of the molecule is COC(=O)C1CC[NH+]([C@H](C)C(=O)c2[nH]c(C)c(C(C)=O)c2C)CC1. The Morgan fingerprint density at radius 2 is 1.79 bits per heavy atom. The van der Waals surface area contributed by atoms with Gasteiger partial charge in [0.15, 0.2) is 5.78 Å². The maximum atomic E-state index is 12.9. The molecule has 6 heteroatoms. The summed E-state index contributed by atoms with van der Waals surface area (Å²) in [5.41, 5.74) is 2.63. The molecule has 1 aliphatic heterocycles. The minimum Gasteiger partial charge on any atom is -0.469 e. The van der Waals surface area contributed by atoms with E-state index in [-0.39, 0.29) is 29.5 Å². The second kappa shape index (κ2) is 7.30. The number of carbonyl (C=O) groups is 3. The van der Waals surface area contributed by atoms with E-state index in [1.165, 1.54) is 18.9 Å². The highest BCUT2D eigenvalue weighted by atomic mass is 16.5. The fourth-order valence-corrected chi connectivity index (χ4v) is 3.75. The molecule has 0 bridgehead atoms. The molecule has 1 fully saturated rings. The van der Waals surface area contributed by atoms with Gasteiger partial charge >= 0.3 is 5.97 Å². The zero-order valence-corrected chi connectivity index (χ0v) is 15.1. The fraction of sp³-hybridized carbons (Fsp3) is 0.611.